The average Bonchev–Trinajstić information content (AvgIpc) is 2.79. The first kappa shape index (κ1) is 17.8. The fourth-order valence-electron chi connectivity index (χ4n) is 3.48. The summed E-state index contributed by atoms with van der Waals surface area (Å²) in [5.74, 6) is 0. The number of rotatable bonds is 0. The van der Waals surface area contributed by atoms with E-state index in [9.17, 15) is 9.59 Å². The van der Waals surface area contributed by atoms with Crippen LogP contribution < -0.4 is 11.1 Å². The molecule has 6 aromatic rings. The highest BCUT2D eigenvalue weighted by molar-refractivity contribution is 5.94. The molecule has 0 N–H and O–H groups in total. The van der Waals surface area contributed by atoms with Crippen LogP contribution in [0.4, 0.5) is 0 Å². The molecule has 144 valence electrons. The lowest BCUT2D eigenvalue weighted by atomic mass is 10.2. The molecule has 2 aromatic carbocycles. The van der Waals surface area contributed by atoms with Gasteiger partial charge in [0.1, 0.15) is 11.3 Å². The highest BCUT2D eigenvalue weighted by Crippen LogP contribution is 2.17. The van der Waals surface area contributed by atoms with Gasteiger partial charge in [-0.3, -0.25) is 9.59 Å². The molecule has 0 fully saturated rings. The van der Waals surface area contributed by atoms with Crippen molar-refractivity contribution in [2.75, 3.05) is 0 Å². The third-order valence-corrected chi connectivity index (χ3v) is 4.91. The van der Waals surface area contributed by atoms with E-state index >= 15 is 0 Å². The van der Waals surface area contributed by atoms with Crippen LogP contribution >= 0.6 is 0 Å². The minimum absolute atomic E-state index is 0.202. The minimum Gasteiger partial charge on any atom is -0.308 e. The molecule has 0 saturated carbocycles. The molecule has 6 heteroatoms. The number of benzene rings is 2. The molecule has 0 aliphatic rings. The summed E-state index contributed by atoms with van der Waals surface area (Å²) in [5, 5.41) is 4.18. The first-order valence-corrected chi connectivity index (χ1v) is 9.43. The van der Waals surface area contributed by atoms with Gasteiger partial charge in [0.05, 0.1) is 0 Å². The number of pyridine rings is 2. The zero-order chi connectivity index (χ0) is 20.5. The van der Waals surface area contributed by atoms with E-state index in [2.05, 4.69) is 9.97 Å². The van der Waals surface area contributed by atoms with Gasteiger partial charge in [-0.15, -0.1) is 0 Å². The van der Waals surface area contributed by atoms with Crippen LogP contribution in [0.1, 0.15) is 0 Å². The van der Waals surface area contributed by atoms with Crippen LogP contribution in [-0.2, 0) is 0 Å². The molecule has 0 unspecified atom stereocenters. The van der Waals surface area contributed by atoms with Gasteiger partial charge in [-0.05, 0) is 22.9 Å². The molecule has 0 aliphatic heterocycles. The highest BCUT2D eigenvalue weighted by atomic mass is 16.1. The lowest BCUT2D eigenvalue weighted by Gasteiger charge is -2.03. The number of hydrogen-bond donors (Lipinski definition) is 0. The van der Waals surface area contributed by atoms with Crippen LogP contribution in [0.2, 0.25) is 0 Å². The summed E-state index contributed by atoms with van der Waals surface area (Å²) in [6.07, 6.45) is 7.28. The van der Waals surface area contributed by atoms with Gasteiger partial charge >= 0.3 is 0 Å². The predicted molar refractivity (Wildman–Crippen MR) is 118 cm³/mol. The normalized spacial score (nSPS) is 10.9. The summed E-state index contributed by atoms with van der Waals surface area (Å²) in [4.78, 5) is 30.4. The molecule has 0 bridgehead atoms. The topological polar surface area (TPSA) is 68.7 Å². The Hall–Kier alpha value is -4.32. The third-order valence-electron chi connectivity index (χ3n) is 4.91. The van der Waals surface area contributed by atoms with Crippen LogP contribution in [0.3, 0.4) is 0 Å². The van der Waals surface area contributed by atoms with Gasteiger partial charge in [0.25, 0.3) is 11.1 Å². The smallest absolute Gasteiger partial charge is 0.273 e. The van der Waals surface area contributed by atoms with E-state index in [-0.39, 0.29) is 11.1 Å². The second kappa shape index (κ2) is 7.25. The van der Waals surface area contributed by atoms with Crippen molar-refractivity contribution in [3.8, 4) is 0 Å². The molecule has 0 saturated heterocycles. The Balaban J connectivity index is 0.000000128. The fourth-order valence-corrected chi connectivity index (χ4v) is 3.48. The van der Waals surface area contributed by atoms with Gasteiger partial charge in [0, 0.05) is 47.7 Å². The van der Waals surface area contributed by atoms with Crippen molar-refractivity contribution < 1.29 is 0 Å². The van der Waals surface area contributed by atoms with Gasteiger partial charge in [-0.1, -0.05) is 48.5 Å². The molecule has 6 nitrogen and oxygen atoms in total. The Morgan fingerprint density at radius 2 is 0.900 bits per heavy atom. The lowest BCUT2D eigenvalue weighted by molar-refractivity contribution is 1.09. The molecule has 4 heterocycles. The van der Waals surface area contributed by atoms with Crippen molar-refractivity contribution in [1.82, 2.24) is 18.8 Å². The first-order valence-electron chi connectivity index (χ1n) is 9.43. The van der Waals surface area contributed by atoms with E-state index in [0.717, 1.165) is 21.5 Å². The molecule has 0 spiro atoms. The Morgan fingerprint density at radius 1 is 0.500 bits per heavy atom. The maximum absolute atomic E-state index is 11.2. The average molecular weight is 392 g/mol. The Labute approximate surface area is 170 Å². The molecule has 30 heavy (non-hydrogen) atoms. The zero-order valence-corrected chi connectivity index (χ0v) is 15.8. The molecule has 0 radical (unpaired) electrons. The van der Waals surface area contributed by atoms with Crippen LogP contribution in [0, 0.1) is 0 Å². The Bertz CT molecular complexity index is 1530. The third kappa shape index (κ3) is 3.20. The van der Waals surface area contributed by atoms with E-state index in [1.807, 2.05) is 81.9 Å². The molecule has 0 aliphatic carbocycles. The van der Waals surface area contributed by atoms with Crippen LogP contribution in [-0.4, -0.2) is 18.8 Å². The van der Waals surface area contributed by atoms with Gasteiger partial charge in [-0.25, -0.2) is 0 Å². The molecule has 0 atom stereocenters. The second-order valence-electron chi connectivity index (χ2n) is 6.80. The zero-order valence-electron chi connectivity index (χ0n) is 15.8. The maximum atomic E-state index is 11.2. The summed E-state index contributed by atoms with van der Waals surface area (Å²) in [6, 6.07) is 22.7. The number of nitrogens with zero attached hydrogens (tertiary/aromatic N) is 4. The van der Waals surface area contributed by atoms with Crippen LogP contribution in [0.25, 0.3) is 32.8 Å². The minimum atomic E-state index is -0.202. The summed E-state index contributed by atoms with van der Waals surface area (Å²) < 4.78 is 3.70. The van der Waals surface area contributed by atoms with Gasteiger partial charge in [0.15, 0.2) is 0 Å². The number of aromatic nitrogens is 4. The van der Waals surface area contributed by atoms with Gasteiger partial charge < -0.3 is 8.80 Å². The molecule has 6 rings (SSSR count). The van der Waals surface area contributed by atoms with E-state index in [1.54, 1.807) is 12.4 Å². The van der Waals surface area contributed by atoms with E-state index in [4.69, 9.17) is 0 Å². The van der Waals surface area contributed by atoms with Crippen molar-refractivity contribution in [3.63, 3.8) is 0 Å². The van der Waals surface area contributed by atoms with Crippen molar-refractivity contribution in [1.29, 1.82) is 0 Å². The highest BCUT2D eigenvalue weighted by Gasteiger charge is 2.01. The number of hydrogen-bond acceptors (Lipinski definition) is 4. The van der Waals surface area contributed by atoms with Crippen LogP contribution in [0.5, 0.6) is 0 Å². The maximum Gasteiger partial charge on any atom is 0.273 e. The molecule has 0 amide bonds. The summed E-state index contributed by atoms with van der Waals surface area (Å²) in [5.41, 5.74) is 1.01. The van der Waals surface area contributed by atoms with Crippen molar-refractivity contribution in [2.45, 2.75) is 0 Å². The second-order valence-corrected chi connectivity index (χ2v) is 6.80. The lowest BCUT2D eigenvalue weighted by Crippen LogP contribution is -2.06. The quantitative estimate of drug-likeness (QED) is 0.370. The molecular weight excluding hydrogens is 376 g/mol. The Kier molecular flexibility index (Phi) is 4.29. The monoisotopic (exact) mass is 392 g/mol. The summed E-state index contributed by atoms with van der Waals surface area (Å²) in [7, 11) is 0. The predicted octanol–water partition coefficient (Wildman–Crippen LogP) is 3.70. The van der Waals surface area contributed by atoms with Crippen molar-refractivity contribution in [2.24, 2.45) is 0 Å². The largest absolute Gasteiger partial charge is 0.308 e. The Morgan fingerprint density at radius 3 is 1.37 bits per heavy atom. The SMILES string of the molecule is O=c1ccn2ccc3ccccc3c2n1.O=c1ccn2ccc3ccccc3c2n1. The van der Waals surface area contributed by atoms with Gasteiger partial charge in [-0.2, -0.15) is 9.97 Å². The van der Waals surface area contributed by atoms with E-state index in [1.165, 1.54) is 12.1 Å². The van der Waals surface area contributed by atoms with Gasteiger partial charge in [0.2, 0.25) is 0 Å². The van der Waals surface area contributed by atoms with Crippen molar-refractivity contribution >= 4 is 32.8 Å². The van der Waals surface area contributed by atoms with Crippen molar-refractivity contribution in [3.05, 3.63) is 118 Å². The summed E-state index contributed by atoms with van der Waals surface area (Å²) in [6.45, 7) is 0. The van der Waals surface area contributed by atoms with E-state index < -0.39 is 0 Å². The number of fused-ring (bicyclic) bond motifs is 6. The standard InChI is InChI=1S/2C12H8N2O/c2*15-11-6-8-14-7-5-9-3-1-2-4-10(9)12(14)13-11/h2*1-8H. The fraction of sp³-hybridized carbons (Fsp3) is 0. The van der Waals surface area contributed by atoms with Crippen LogP contribution in [0.15, 0.2) is 107 Å². The summed E-state index contributed by atoms with van der Waals surface area (Å²) >= 11 is 0. The first-order chi connectivity index (χ1) is 14.7. The molecule has 4 aromatic heterocycles. The molecular formula is C24H16N4O2. The van der Waals surface area contributed by atoms with E-state index in [0.29, 0.717) is 11.3 Å².